The molecule has 0 unspecified atom stereocenters. The largest absolute Gasteiger partial charge is 0.502 e. The van der Waals surface area contributed by atoms with E-state index >= 15 is 0 Å². The Balaban J connectivity index is 1.86. The summed E-state index contributed by atoms with van der Waals surface area (Å²) in [5, 5.41) is 9.23. The van der Waals surface area contributed by atoms with Gasteiger partial charge in [0.15, 0.2) is 11.5 Å². The Hall–Kier alpha value is -2.56. The van der Waals surface area contributed by atoms with Crippen molar-refractivity contribution in [2.45, 2.75) is 19.8 Å². The highest BCUT2D eigenvalue weighted by molar-refractivity contribution is 5.91. The van der Waals surface area contributed by atoms with E-state index in [4.69, 9.17) is 4.42 Å². The SMILES string of the molecule is CC1(C)CN(C(=O)c2cc(=O)c(O)co2)C[C@@H]1c1ccccc1. The quantitative estimate of drug-likeness (QED) is 0.925. The van der Waals surface area contributed by atoms with Crippen molar-refractivity contribution in [3.63, 3.8) is 0 Å². The highest BCUT2D eigenvalue weighted by Crippen LogP contribution is 2.42. The third kappa shape index (κ3) is 2.86. The van der Waals surface area contributed by atoms with E-state index < -0.39 is 11.2 Å². The van der Waals surface area contributed by atoms with Gasteiger partial charge in [-0.15, -0.1) is 0 Å². The summed E-state index contributed by atoms with van der Waals surface area (Å²) in [5.41, 5.74) is 0.506. The molecule has 120 valence electrons. The van der Waals surface area contributed by atoms with Crippen LogP contribution in [0.1, 0.15) is 35.9 Å². The monoisotopic (exact) mass is 313 g/mol. The van der Waals surface area contributed by atoms with Crippen LogP contribution in [0.25, 0.3) is 0 Å². The van der Waals surface area contributed by atoms with Crippen LogP contribution in [-0.2, 0) is 0 Å². The fourth-order valence-electron chi connectivity index (χ4n) is 3.20. The number of amides is 1. The molecule has 2 aromatic rings. The van der Waals surface area contributed by atoms with Crippen LogP contribution in [0.5, 0.6) is 5.75 Å². The molecule has 1 aliphatic heterocycles. The number of nitrogens with zero attached hydrogens (tertiary/aromatic N) is 1. The van der Waals surface area contributed by atoms with Gasteiger partial charge in [-0.3, -0.25) is 9.59 Å². The van der Waals surface area contributed by atoms with Gasteiger partial charge in [0.1, 0.15) is 6.26 Å². The summed E-state index contributed by atoms with van der Waals surface area (Å²) in [6.07, 6.45) is 0.908. The van der Waals surface area contributed by atoms with Crippen molar-refractivity contribution in [1.82, 2.24) is 4.90 Å². The third-order valence-corrected chi connectivity index (χ3v) is 4.46. The van der Waals surface area contributed by atoms with Gasteiger partial charge in [-0.25, -0.2) is 0 Å². The summed E-state index contributed by atoms with van der Waals surface area (Å²) in [6, 6.07) is 11.1. The van der Waals surface area contributed by atoms with Crippen LogP contribution in [0.3, 0.4) is 0 Å². The average molecular weight is 313 g/mol. The fourth-order valence-corrected chi connectivity index (χ4v) is 3.20. The van der Waals surface area contributed by atoms with E-state index in [1.54, 1.807) is 4.90 Å². The zero-order chi connectivity index (χ0) is 16.6. The van der Waals surface area contributed by atoms with Crippen molar-refractivity contribution < 1.29 is 14.3 Å². The number of carbonyl (C=O) groups excluding carboxylic acids is 1. The normalized spacial score (nSPS) is 19.7. The number of aromatic hydroxyl groups is 1. The number of carbonyl (C=O) groups is 1. The zero-order valence-electron chi connectivity index (χ0n) is 13.2. The second-order valence-corrected chi connectivity index (χ2v) is 6.63. The Labute approximate surface area is 134 Å². The molecule has 0 aliphatic carbocycles. The minimum absolute atomic E-state index is 0.0442. The van der Waals surface area contributed by atoms with Gasteiger partial charge in [-0.1, -0.05) is 44.2 Å². The van der Waals surface area contributed by atoms with E-state index in [9.17, 15) is 14.7 Å². The van der Waals surface area contributed by atoms with Gasteiger partial charge in [0.2, 0.25) is 5.43 Å². The first-order valence-corrected chi connectivity index (χ1v) is 7.54. The number of benzene rings is 1. The summed E-state index contributed by atoms with van der Waals surface area (Å²) >= 11 is 0. The lowest BCUT2D eigenvalue weighted by atomic mass is 9.78. The van der Waals surface area contributed by atoms with Crippen LogP contribution in [0.4, 0.5) is 0 Å². The van der Waals surface area contributed by atoms with Gasteiger partial charge in [0.25, 0.3) is 5.91 Å². The van der Waals surface area contributed by atoms with Crippen LogP contribution in [0.2, 0.25) is 0 Å². The summed E-state index contributed by atoms with van der Waals surface area (Å²) in [5.74, 6) is -0.645. The Morgan fingerprint density at radius 1 is 1.30 bits per heavy atom. The minimum atomic E-state index is -0.613. The summed E-state index contributed by atoms with van der Waals surface area (Å²) in [4.78, 5) is 25.8. The van der Waals surface area contributed by atoms with Gasteiger partial charge < -0.3 is 14.4 Å². The molecule has 1 aromatic carbocycles. The first kappa shape index (κ1) is 15.3. The fraction of sp³-hybridized carbons (Fsp3) is 0.333. The lowest BCUT2D eigenvalue weighted by molar-refractivity contribution is 0.0743. The Bertz CT molecular complexity index is 779. The number of likely N-dealkylation sites (tertiary alicyclic amines) is 1. The molecule has 1 fully saturated rings. The van der Waals surface area contributed by atoms with Crippen molar-refractivity contribution >= 4 is 5.91 Å². The lowest BCUT2D eigenvalue weighted by Gasteiger charge is -2.25. The van der Waals surface area contributed by atoms with Crippen molar-refractivity contribution in [1.29, 1.82) is 0 Å². The summed E-state index contributed by atoms with van der Waals surface area (Å²) in [7, 11) is 0. The molecule has 1 aliphatic rings. The van der Waals surface area contributed by atoms with Gasteiger partial charge in [-0.05, 0) is 11.0 Å². The molecule has 23 heavy (non-hydrogen) atoms. The Morgan fingerprint density at radius 2 is 2.00 bits per heavy atom. The van der Waals surface area contributed by atoms with Crippen LogP contribution in [0, 0.1) is 5.41 Å². The first-order valence-electron chi connectivity index (χ1n) is 7.54. The number of hydrogen-bond acceptors (Lipinski definition) is 4. The molecule has 1 N–H and O–H groups in total. The molecule has 0 spiro atoms. The third-order valence-electron chi connectivity index (χ3n) is 4.46. The molecule has 0 bridgehead atoms. The van der Waals surface area contributed by atoms with Crippen molar-refractivity contribution in [3.05, 3.63) is 64.2 Å². The molecule has 0 radical (unpaired) electrons. The van der Waals surface area contributed by atoms with Crippen molar-refractivity contribution in [3.8, 4) is 5.75 Å². The summed E-state index contributed by atoms with van der Waals surface area (Å²) < 4.78 is 5.08. The molecule has 0 saturated carbocycles. The molecule has 5 heteroatoms. The predicted octanol–water partition coefficient (Wildman–Crippen LogP) is 2.61. The number of rotatable bonds is 2. The Morgan fingerprint density at radius 3 is 2.65 bits per heavy atom. The van der Waals surface area contributed by atoms with Gasteiger partial charge in [0.05, 0.1) is 0 Å². The van der Waals surface area contributed by atoms with Crippen molar-refractivity contribution in [2.24, 2.45) is 5.41 Å². The molecule has 3 rings (SSSR count). The molecule has 5 nitrogen and oxygen atoms in total. The van der Waals surface area contributed by atoms with E-state index in [0.29, 0.717) is 13.1 Å². The van der Waals surface area contributed by atoms with E-state index in [-0.39, 0.29) is 23.0 Å². The highest BCUT2D eigenvalue weighted by atomic mass is 16.4. The molecular formula is C18H19NO4. The second kappa shape index (κ2) is 5.57. The van der Waals surface area contributed by atoms with E-state index in [2.05, 4.69) is 26.0 Å². The van der Waals surface area contributed by atoms with Gasteiger partial charge >= 0.3 is 0 Å². The van der Waals surface area contributed by atoms with Crippen LogP contribution in [-0.4, -0.2) is 29.0 Å². The van der Waals surface area contributed by atoms with E-state index in [1.807, 2.05) is 18.2 Å². The first-order chi connectivity index (χ1) is 10.9. The standard InChI is InChI=1S/C18H19NO4/c1-18(2)11-19(9-13(18)12-6-4-3-5-7-12)17(22)16-8-14(20)15(21)10-23-16/h3-8,10,13,21H,9,11H2,1-2H3/t13-/m1/s1. The molecule has 1 amide bonds. The lowest BCUT2D eigenvalue weighted by Crippen LogP contribution is -2.30. The van der Waals surface area contributed by atoms with Gasteiger partial charge in [-0.2, -0.15) is 0 Å². The molecule has 1 aromatic heterocycles. The maximum atomic E-state index is 12.6. The van der Waals surface area contributed by atoms with Gasteiger partial charge in [0, 0.05) is 25.1 Å². The smallest absolute Gasteiger partial charge is 0.289 e. The summed E-state index contributed by atoms with van der Waals surface area (Å²) in [6.45, 7) is 5.41. The molecular weight excluding hydrogens is 294 g/mol. The molecule has 2 heterocycles. The topological polar surface area (TPSA) is 70.8 Å². The highest BCUT2D eigenvalue weighted by Gasteiger charge is 2.42. The average Bonchev–Trinajstić information content (AvgIpc) is 2.85. The maximum absolute atomic E-state index is 12.6. The second-order valence-electron chi connectivity index (χ2n) is 6.63. The predicted molar refractivity (Wildman–Crippen MR) is 85.5 cm³/mol. The minimum Gasteiger partial charge on any atom is -0.502 e. The van der Waals surface area contributed by atoms with Crippen molar-refractivity contribution in [2.75, 3.05) is 13.1 Å². The van der Waals surface area contributed by atoms with Crippen LogP contribution < -0.4 is 5.43 Å². The molecule has 1 saturated heterocycles. The molecule has 1 atom stereocenters. The van der Waals surface area contributed by atoms with Crippen LogP contribution >= 0.6 is 0 Å². The van der Waals surface area contributed by atoms with Crippen LogP contribution in [0.15, 0.2) is 51.9 Å². The number of hydrogen-bond donors (Lipinski definition) is 1. The maximum Gasteiger partial charge on any atom is 0.289 e. The van der Waals surface area contributed by atoms with E-state index in [0.717, 1.165) is 12.3 Å². The van der Waals surface area contributed by atoms with E-state index in [1.165, 1.54) is 5.56 Å². The Kier molecular flexibility index (Phi) is 3.72. The zero-order valence-corrected chi connectivity index (χ0v) is 13.2.